The molecule has 24 heavy (non-hydrogen) atoms. The van der Waals surface area contributed by atoms with E-state index in [0.717, 1.165) is 11.3 Å². The van der Waals surface area contributed by atoms with Gasteiger partial charge in [-0.3, -0.25) is 9.59 Å². The molecule has 1 aliphatic heterocycles. The summed E-state index contributed by atoms with van der Waals surface area (Å²) in [7, 11) is -3.70. The largest absolute Gasteiger partial charge is 1.00 e. The maximum Gasteiger partial charge on any atom is 1.00 e. The van der Waals surface area contributed by atoms with Crippen LogP contribution in [0, 0.1) is 0 Å². The van der Waals surface area contributed by atoms with Crippen LogP contribution in [0.4, 0.5) is 5.13 Å². The fourth-order valence-electron chi connectivity index (χ4n) is 2.00. The number of nitrogens with two attached hydrogens (primary N) is 1. The molecule has 3 N–H and O–H groups in total. The standard InChI is InChI=1S/C10H13N5O6S2.K/c1-4-6(9(17)15(4)23(18,19)20)13-8(16)7(14-21-2)5-3-22-10(11)12-5;/h3-4,6H,1-2H3,(H2,11,12)(H,13,16)(H,18,19,20);/q;+1/p-1/b14-7+;/t4-,6?;/m0./s1. The van der Waals surface area contributed by atoms with Crippen LogP contribution in [0.25, 0.3) is 0 Å². The first-order valence-corrected chi connectivity index (χ1v) is 8.33. The minimum atomic E-state index is -4.91. The Morgan fingerprint density at radius 1 is 1.58 bits per heavy atom. The molecule has 1 fully saturated rings. The van der Waals surface area contributed by atoms with Crippen molar-refractivity contribution in [1.82, 2.24) is 14.6 Å². The maximum absolute atomic E-state index is 12.2. The van der Waals surface area contributed by atoms with Gasteiger partial charge in [-0.25, -0.2) is 17.7 Å². The molecule has 0 radical (unpaired) electrons. The fraction of sp³-hybridized carbons (Fsp3) is 0.400. The number of amides is 2. The molecule has 2 atom stereocenters. The van der Waals surface area contributed by atoms with Gasteiger partial charge >= 0.3 is 51.4 Å². The zero-order valence-corrected chi connectivity index (χ0v) is 17.7. The zero-order valence-electron chi connectivity index (χ0n) is 12.9. The maximum atomic E-state index is 12.2. The van der Waals surface area contributed by atoms with E-state index >= 15 is 0 Å². The van der Waals surface area contributed by atoms with E-state index in [2.05, 4.69) is 20.3 Å². The molecule has 0 bridgehead atoms. The summed E-state index contributed by atoms with van der Waals surface area (Å²) >= 11 is 1.07. The number of nitrogens with zero attached hydrogens (tertiary/aromatic N) is 3. The smallest absolute Gasteiger partial charge is 0.731 e. The summed E-state index contributed by atoms with van der Waals surface area (Å²) < 4.78 is 32.8. The number of hydrogen-bond acceptors (Lipinski definition) is 10. The second kappa shape index (κ2) is 8.18. The molecule has 1 aromatic rings. The Kier molecular flexibility index (Phi) is 7.30. The number of anilines is 1. The topological polar surface area (TPSA) is 167 Å². The molecule has 1 unspecified atom stereocenters. The van der Waals surface area contributed by atoms with Gasteiger partial charge in [0.15, 0.2) is 21.1 Å². The van der Waals surface area contributed by atoms with Gasteiger partial charge in [0.25, 0.3) is 11.8 Å². The van der Waals surface area contributed by atoms with Gasteiger partial charge in [-0.15, -0.1) is 11.3 Å². The van der Waals surface area contributed by atoms with Gasteiger partial charge in [0.1, 0.15) is 18.8 Å². The molecule has 0 spiro atoms. The average Bonchev–Trinajstić information content (AvgIpc) is 2.86. The third-order valence-corrected chi connectivity index (χ3v) is 4.69. The fourth-order valence-corrected chi connectivity index (χ4v) is 3.41. The number of aromatic nitrogens is 1. The van der Waals surface area contributed by atoms with Crippen LogP contribution in [-0.2, 0) is 24.7 Å². The van der Waals surface area contributed by atoms with Gasteiger partial charge < -0.3 is 20.4 Å². The number of nitrogens with one attached hydrogen (secondary N) is 1. The molecule has 1 saturated heterocycles. The van der Waals surface area contributed by atoms with Crippen molar-refractivity contribution in [2.75, 3.05) is 12.8 Å². The number of carbonyl (C=O) groups excluding carboxylic acids is 2. The van der Waals surface area contributed by atoms with Crippen LogP contribution in [0.1, 0.15) is 12.6 Å². The first-order valence-electron chi connectivity index (χ1n) is 6.09. The molecular formula is C10H12KN5O6S2. The third-order valence-electron chi connectivity index (χ3n) is 3.03. The summed E-state index contributed by atoms with van der Waals surface area (Å²) in [6.45, 7) is 1.32. The van der Waals surface area contributed by atoms with Gasteiger partial charge in [-0.2, -0.15) is 0 Å². The van der Waals surface area contributed by atoms with Crippen molar-refractivity contribution in [2.45, 2.75) is 19.0 Å². The molecule has 2 rings (SSSR count). The summed E-state index contributed by atoms with van der Waals surface area (Å²) in [5.41, 5.74) is 5.39. The number of carbonyl (C=O) groups is 2. The number of nitrogen functional groups attached to an aromatic ring is 1. The summed E-state index contributed by atoms with van der Waals surface area (Å²) in [6, 6.07) is -2.16. The van der Waals surface area contributed by atoms with Crippen LogP contribution < -0.4 is 62.4 Å². The van der Waals surface area contributed by atoms with Gasteiger partial charge in [-0.1, -0.05) is 5.16 Å². The van der Waals surface area contributed by atoms with Crippen molar-refractivity contribution < 1.29 is 78.8 Å². The van der Waals surface area contributed by atoms with Crippen molar-refractivity contribution in [2.24, 2.45) is 5.16 Å². The van der Waals surface area contributed by atoms with E-state index in [1.165, 1.54) is 19.4 Å². The summed E-state index contributed by atoms with van der Waals surface area (Å²) in [4.78, 5) is 32.3. The van der Waals surface area contributed by atoms with E-state index in [9.17, 15) is 22.6 Å². The number of hydrogen-bond donors (Lipinski definition) is 2. The Bertz CT molecular complexity index is 778. The molecule has 14 heteroatoms. The Hall–Kier alpha value is -0.614. The SMILES string of the molecule is CO/N=C(/C(=O)NC1C(=O)N(S(=O)(=O)[O-])[C@H]1C)c1csc(N)n1.[K+]. The molecule has 126 valence electrons. The van der Waals surface area contributed by atoms with E-state index in [4.69, 9.17) is 5.73 Å². The monoisotopic (exact) mass is 401 g/mol. The first kappa shape index (κ1) is 21.4. The van der Waals surface area contributed by atoms with Crippen molar-refractivity contribution >= 4 is 44.3 Å². The van der Waals surface area contributed by atoms with Crippen LogP contribution in [-0.4, -0.2) is 59.0 Å². The van der Waals surface area contributed by atoms with Gasteiger partial charge in [0.05, 0.1) is 6.04 Å². The Balaban J connectivity index is 0.00000288. The minimum absolute atomic E-state index is 0. The predicted molar refractivity (Wildman–Crippen MR) is 78.0 cm³/mol. The molecule has 2 heterocycles. The Labute approximate surface area is 183 Å². The van der Waals surface area contributed by atoms with E-state index in [1.54, 1.807) is 0 Å². The first-order chi connectivity index (χ1) is 10.7. The van der Waals surface area contributed by atoms with E-state index < -0.39 is 34.2 Å². The van der Waals surface area contributed by atoms with Crippen LogP contribution in [0.15, 0.2) is 10.5 Å². The Morgan fingerprint density at radius 2 is 2.21 bits per heavy atom. The molecule has 2 amide bonds. The van der Waals surface area contributed by atoms with E-state index in [0.29, 0.717) is 0 Å². The number of oxime groups is 1. The van der Waals surface area contributed by atoms with Gasteiger partial charge in [0, 0.05) is 5.38 Å². The van der Waals surface area contributed by atoms with Crippen molar-refractivity contribution in [3.05, 3.63) is 11.1 Å². The van der Waals surface area contributed by atoms with Crippen LogP contribution in [0.5, 0.6) is 0 Å². The van der Waals surface area contributed by atoms with E-state index in [1.807, 2.05) is 0 Å². The van der Waals surface area contributed by atoms with Crippen LogP contribution in [0.3, 0.4) is 0 Å². The number of thiazole rings is 1. The molecule has 0 saturated carbocycles. The van der Waals surface area contributed by atoms with Crippen molar-refractivity contribution in [3.63, 3.8) is 0 Å². The molecule has 0 aliphatic carbocycles. The normalized spacial score (nSPS) is 20.9. The predicted octanol–water partition coefficient (Wildman–Crippen LogP) is -4.74. The summed E-state index contributed by atoms with van der Waals surface area (Å²) in [6.07, 6.45) is 0. The molecule has 0 aromatic carbocycles. The van der Waals surface area contributed by atoms with Crippen LogP contribution >= 0.6 is 11.3 Å². The molecule has 1 aromatic heterocycles. The second-order valence-corrected chi connectivity index (χ2v) is 6.62. The zero-order chi connectivity index (χ0) is 17.4. The number of rotatable bonds is 5. The summed E-state index contributed by atoms with van der Waals surface area (Å²) in [5, 5.41) is 7.48. The number of β-lactam (4-membered cyclic amide) rings is 1. The quantitative estimate of drug-likeness (QED) is 0.163. The van der Waals surface area contributed by atoms with Crippen molar-refractivity contribution in [1.29, 1.82) is 0 Å². The molecule has 11 nitrogen and oxygen atoms in total. The van der Waals surface area contributed by atoms with E-state index in [-0.39, 0.29) is 72.2 Å². The second-order valence-electron chi connectivity index (χ2n) is 4.48. The third kappa shape index (κ3) is 4.31. The average molecular weight is 401 g/mol. The van der Waals surface area contributed by atoms with Crippen molar-refractivity contribution in [3.8, 4) is 0 Å². The van der Waals surface area contributed by atoms with Crippen LogP contribution in [0.2, 0.25) is 0 Å². The summed E-state index contributed by atoms with van der Waals surface area (Å²) in [5.74, 6) is -1.83. The van der Waals surface area contributed by atoms with Gasteiger partial charge in [-0.05, 0) is 6.92 Å². The molecular weight excluding hydrogens is 389 g/mol. The van der Waals surface area contributed by atoms with Gasteiger partial charge in [0.2, 0.25) is 0 Å². The molecule has 1 aliphatic rings. The Morgan fingerprint density at radius 3 is 2.62 bits per heavy atom. The minimum Gasteiger partial charge on any atom is -0.731 e.